The summed E-state index contributed by atoms with van der Waals surface area (Å²) < 4.78 is 5.43. The molecule has 2 aromatic carbocycles. The van der Waals surface area contributed by atoms with Crippen molar-refractivity contribution in [3.63, 3.8) is 0 Å². The van der Waals surface area contributed by atoms with E-state index in [4.69, 9.17) is 4.74 Å². The summed E-state index contributed by atoms with van der Waals surface area (Å²) in [5.41, 5.74) is 5.74. The van der Waals surface area contributed by atoms with Crippen LogP contribution in [0.5, 0.6) is 0 Å². The van der Waals surface area contributed by atoms with Gasteiger partial charge in [0, 0.05) is 41.7 Å². The molecule has 0 atom stereocenters. The lowest BCUT2D eigenvalue weighted by Crippen LogP contribution is -2.34. The highest BCUT2D eigenvalue weighted by Gasteiger charge is 2.20. The molecule has 5 nitrogen and oxygen atoms in total. The van der Waals surface area contributed by atoms with Gasteiger partial charge in [-0.15, -0.1) is 0 Å². The lowest BCUT2D eigenvalue weighted by molar-refractivity contribution is 0.0589. The summed E-state index contributed by atoms with van der Waals surface area (Å²) in [6.45, 7) is 5.58. The van der Waals surface area contributed by atoms with Gasteiger partial charge in [-0.1, -0.05) is 36.4 Å². The van der Waals surface area contributed by atoms with Gasteiger partial charge < -0.3 is 9.72 Å². The standard InChI is InChI=1S/C25H25N3O2/c1-25(2,3)30-24(29)28(4)21-11-9-18(10-12-21)17-5-7-19(8-6-17)23-15-20-16-26-14-13-22(20)27-23/h5-16,27H,1-4H3. The molecule has 2 aromatic heterocycles. The second kappa shape index (κ2) is 7.67. The first-order valence-corrected chi connectivity index (χ1v) is 9.90. The second-order valence-corrected chi connectivity index (χ2v) is 8.31. The first-order valence-electron chi connectivity index (χ1n) is 9.90. The molecule has 0 bridgehead atoms. The normalized spacial score (nSPS) is 11.5. The van der Waals surface area contributed by atoms with Crippen LogP contribution >= 0.6 is 0 Å². The van der Waals surface area contributed by atoms with Crippen molar-refractivity contribution in [1.29, 1.82) is 0 Å². The number of hydrogen-bond acceptors (Lipinski definition) is 3. The SMILES string of the molecule is CN(C(=O)OC(C)(C)C)c1ccc(-c2ccc(-c3cc4cnccc4[nH]3)cc2)cc1. The fraction of sp³-hybridized carbons (Fsp3) is 0.200. The molecule has 0 saturated carbocycles. The first-order chi connectivity index (χ1) is 14.3. The van der Waals surface area contributed by atoms with Crippen LogP contribution in [0.1, 0.15) is 20.8 Å². The number of carbonyl (C=O) groups excluding carboxylic acids is 1. The summed E-state index contributed by atoms with van der Waals surface area (Å²) >= 11 is 0. The first kappa shape index (κ1) is 19.7. The average Bonchev–Trinajstić information content (AvgIpc) is 3.16. The van der Waals surface area contributed by atoms with Crippen molar-refractivity contribution in [2.24, 2.45) is 0 Å². The van der Waals surface area contributed by atoms with Crippen molar-refractivity contribution < 1.29 is 9.53 Å². The smallest absolute Gasteiger partial charge is 0.414 e. The third-order valence-corrected chi connectivity index (χ3v) is 4.87. The number of H-pyrrole nitrogens is 1. The zero-order valence-corrected chi connectivity index (χ0v) is 17.6. The lowest BCUT2D eigenvalue weighted by atomic mass is 10.0. The molecule has 0 aliphatic rings. The van der Waals surface area contributed by atoms with E-state index in [9.17, 15) is 4.79 Å². The van der Waals surface area contributed by atoms with Crippen LogP contribution in [0.4, 0.5) is 10.5 Å². The number of anilines is 1. The summed E-state index contributed by atoms with van der Waals surface area (Å²) in [4.78, 5) is 21.4. The van der Waals surface area contributed by atoms with Gasteiger partial charge in [-0.2, -0.15) is 0 Å². The fourth-order valence-electron chi connectivity index (χ4n) is 3.28. The number of pyridine rings is 1. The van der Waals surface area contributed by atoms with Crippen molar-refractivity contribution in [2.45, 2.75) is 26.4 Å². The topological polar surface area (TPSA) is 58.2 Å². The van der Waals surface area contributed by atoms with Gasteiger partial charge in [0.1, 0.15) is 5.60 Å². The molecule has 2 heterocycles. The van der Waals surface area contributed by atoms with Crippen LogP contribution in [-0.2, 0) is 4.74 Å². The monoisotopic (exact) mass is 399 g/mol. The Hall–Kier alpha value is -3.60. The lowest BCUT2D eigenvalue weighted by Gasteiger charge is -2.24. The van der Waals surface area contributed by atoms with E-state index in [1.165, 1.54) is 4.90 Å². The van der Waals surface area contributed by atoms with Gasteiger partial charge in [0.15, 0.2) is 0 Å². The van der Waals surface area contributed by atoms with Crippen LogP contribution in [0.3, 0.4) is 0 Å². The molecule has 0 radical (unpaired) electrons. The molecule has 0 aliphatic carbocycles. The van der Waals surface area contributed by atoms with Gasteiger partial charge in [-0.05, 0) is 61.7 Å². The Morgan fingerprint density at radius 1 is 0.933 bits per heavy atom. The zero-order chi connectivity index (χ0) is 21.3. The highest BCUT2D eigenvalue weighted by atomic mass is 16.6. The third-order valence-electron chi connectivity index (χ3n) is 4.87. The minimum Gasteiger partial charge on any atom is -0.443 e. The number of nitrogens with one attached hydrogen (secondary N) is 1. The molecule has 4 aromatic rings. The predicted octanol–water partition coefficient (Wildman–Crippen LogP) is 6.27. The molecule has 0 aliphatic heterocycles. The largest absolute Gasteiger partial charge is 0.443 e. The van der Waals surface area contributed by atoms with Crippen molar-refractivity contribution in [3.05, 3.63) is 73.1 Å². The minimum absolute atomic E-state index is 0.367. The molecular weight excluding hydrogens is 374 g/mol. The van der Waals surface area contributed by atoms with E-state index >= 15 is 0 Å². The molecule has 30 heavy (non-hydrogen) atoms. The van der Waals surface area contributed by atoms with Crippen LogP contribution in [0.15, 0.2) is 73.1 Å². The van der Waals surface area contributed by atoms with Crippen LogP contribution in [0.25, 0.3) is 33.3 Å². The van der Waals surface area contributed by atoms with Crippen LogP contribution < -0.4 is 4.90 Å². The van der Waals surface area contributed by atoms with Crippen molar-refractivity contribution in [1.82, 2.24) is 9.97 Å². The fourth-order valence-corrected chi connectivity index (χ4v) is 3.28. The second-order valence-electron chi connectivity index (χ2n) is 8.31. The van der Waals surface area contributed by atoms with Gasteiger partial charge in [0.25, 0.3) is 0 Å². The van der Waals surface area contributed by atoms with Gasteiger partial charge in [0.2, 0.25) is 0 Å². The van der Waals surface area contributed by atoms with E-state index in [1.54, 1.807) is 13.2 Å². The Labute approximate surface area is 176 Å². The predicted molar refractivity (Wildman–Crippen MR) is 122 cm³/mol. The summed E-state index contributed by atoms with van der Waals surface area (Å²) in [5, 5.41) is 1.10. The molecule has 0 saturated heterocycles. The molecule has 0 spiro atoms. The molecule has 0 unspecified atom stereocenters. The average molecular weight is 399 g/mol. The Morgan fingerprint density at radius 3 is 2.13 bits per heavy atom. The Bertz CT molecular complexity index is 1140. The number of amides is 1. The summed E-state index contributed by atoms with van der Waals surface area (Å²) in [5.74, 6) is 0. The quantitative estimate of drug-likeness (QED) is 0.442. The van der Waals surface area contributed by atoms with Gasteiger partial charge in [-0.25, -0.2) is 4.79 Å². The molecule has 4 rings (SSSR count). The molecule has 1 N–H and O–H groups in total. The maximum Gasteiger partial charge on any atom is 0.414 e. The number of rotatable bonds is 3. The highest BCUT2D eigenvalue weighted by molar-refractivity contribution is 5.88. The number of benzene rings is 2. The van der Waals surface area contributed by atoms with E-state index in [2.05, 4.69) is 40.3 Å². The number of carbonyl (C=O) groups is 1. The van der Waals surface area contributed by atoms with E-state index in [0.29, 0.717) is 0 Å². The van der Waals surface area contributed by atoms with E-state index in [1.807, 2.05) is 57.3 Å². The van der Waals surface area contributed by atoms with E-state index in [-0.39, 0.29) is 6.09 Å². The van der Waals surface area contributed by atoms with Crippen LogP contribution in [0, 0.1) is 0 Å². The number of hydrogen-bond donors (Lipinski definition) is 1. The number of aromatic amines is 1. The molecular formula is C25H25N3O2. The van der Waals surface area contributed by atoms with Crippen LogP contribution in [0.2, 0.25) is 0 Å². The third kappa shape index (κ3) is 4.20. The Balaban J connectivity index is 1.51. The van der Waals surface area contributed by atoms with Gasteiger partial charge >= 0.3 is 6.09 Å². The number of aromatic nitrogens is 2. The van der Waals surface area contributed by atoms with Crippen LogP contribution in [-0.4, -0.2) is 28.7 Å². The van der Waals surface area contributed by atoms with E-state index < -0.39 is 5.60 Å². The van der Waals surface area contributed by atoms with Crippen molar-refractivity contribution in [3.8, 4) is 22.4 Å². The number of fused-ring (bicyclic) bond motifs is 1. The Morgan fingerprint density at radius 2 is 1.53 bits per heavy atom. The van der Waals surface area contributed by atoms with Crippen molar-refractivity contribution in [2.75, 3.05) is 11.9 Å². The maximum absolute atomic E-state index is 12.2. The van der Waals surface area contributed by atoms with E-state index in [0.717, 1.165) is 39.0 Å². The molecule has 1 amide bonds. The number of ether oxygens (including phenoxy) is 1. The van der Waals surface area contributed by atoms with Crippen molar-refractivity contribution >= 4 is 22.7 Å². The molecule has 152 valence electrons. The maximum atomic E-state index is 12.2. The van der Waals surface area contributed by atoms with Gasteiger partial charge in [0.05, 0.1) is 0 Å². The minimum atomic E-state index is -0.519. The summed E-state index contributed by atoms with van der Waals surface area (Å²) in [6.07, 6.45) is 3.28. The summed E-state index contributed by atoms with van der Waals surface area (Å²) in [7, 11) is 1.72. The molecule has 0 fully saturated rings. The summed E-state index contributed by atoms with van der Waals surface area (Å²) in [6, 6.07) is 20.4. The highest BCUT2D eigenvalue weighted by Crippen LogP contribution is 2.28. The zero-order valence-electron chi connectivity index (χ0n) is 17.6. The molecule has 5 heteroatoms. The van der Waals surface area contributed by atoms with Gasteiger partial charge in [-0.3, -0.25) is 9.88 Å². The number of nitrogens with zero attached hydrogens (tertiary/aromatic N) is 2. The Kier molecular flexibility index (Phi) is 5.04.